The van der Waals surface area contributed by atoms with Crippen LogP contribution in [0.3, 0.4) is 0 Å². The normalized spacial score (nSPS) is 23.2. The Morgan fingerprint density at radius 2 is 2.31 bits per heavy atom. The van der Waals surface area contributed by atoms with Gasteiger partial charge in [-0.05, 0) is 18.9 Å². The van der Waals surface area contributed by atoms with Gasteiger partial charge in [0, 0.05) is 30.9 Å². The maximum Gasteiger partial charge on any atom is 0.211 e. The van der Waals surface area contributed by atoms with Gasteiger partial charge in [0.05, 0.1) is 6.26 Å². The van der Waals surface area contributed by atoms with E-state index in [-0.39, 0.29) is 5.92 Å². The minimum atomic E-state index is -3.08. The topological polar surface area (TPSA) is 63.2 Å². The monoisotopic (exact) mass is 241 g/mol. The molecular weight excluding hydrogens is 226 g/mol. The van der Waals surface area contributed by atoms with Crippen LogP contribution in [-0.4, -0.2) is 42.0 Å². The van der Waals surface area contributed by atoms with Crippen LogP contribution >= 0.6 is 0 Å². The number of sulfonamides is 1. The van der Waals surface area contributed by atoms with E-state index in [1.165, 1.54) is 16.9 Å². The standard InChI is InChI=1S/C10H15N3O2S/c1-16(14,15)13-6-2-3-9(7-13)10-4-5-11-8-12-10/h4-5,8-9H,2-3,6-7H2,1H3/t9-/m0/s1. The first kappa shape index (κ1) is 11.5. The SMILES string of the molecule is CS(=O)(=O)N1CCC[C@H](c2ccncn2)C1. The van der Waals surface area contributed by atoms with E-state index in [1.54, 1.807) is 6.20 Å². The van der Waals surface area contributed by atoms with Gasteiger partial charge in [-0.3, -0.25) is 0 Å². The maximum atomic E-state index is 11.5. The molecule has 0 spiro atoms. The summed E-state index contributed by atoms with van der Waals surface area (Å²) in [4.78, 5) is 8.05. The molecule has 1 aliphatic heterocycles. The second kappa shape index (κ2) is 4.47. The second-order valence-electron chi connectivity index (χ2n) is 4.09. The molecule has 1 aliphatic rings. The highest BCUT2D eigenvalue weighted by atomic mass is 32.2. The molecule has 1 saturated heterocycles. The Balaban J connectivity index is 2.14. The summed E-state index contributed by atoms with van der Waals surface area (Å²) in [7, 11) is -3.08. The van der Waals surface area contributed by atoms with Crippen molar-refractivity contribution >= 4 is 10.0 Å². The Morgan fingerprint density at radius 3 is 2.94 bits per heavy atom. The number of hydrogen-bond donors (Lipinski definition) is 0. The van der Waals surface area contributed by atoms with Crippen LogP contribution in [0.2, 0.25) is 0 Å². The first-order chi connectivity index (χ1) is 7.57. The van der Waals surface area contributed by atoms with E-state index in [0.717, 1.165) is 18.5 Å². The molecule has 0 amide bonds. The third-order valence-corrected chi connectivity index (χ3v) is 4.15. The van der Waals surface area contributed by atoms with Gasteiger partial charge < -0.3 is 0 Å². The van der Waals surface area contributed by atoms with Crippen LogP contribution in [0.4, 0.5) is 0 Å². The molecule has 2 rings (SSSR count). The largest absolute Gasteiger partial charge is 0.245 e. The minimum Gasteiger partial charge on any atom is -0.245 e. The summed E-state index contributed by atoms with van der Waals surface area (Å²) in [6.07, 6.45) is 6.34. The summed E-state index contributed by atoms with van der Waals surface area (Å²) < 4.78 is 24.4. The predicted molar refractivity (Wildman–Crippen MR) is 60.4 cm³/mol. The molecule has 0 unspecified atom stereocenters. The van der Waals surface area contributed by atoms with E-state index >= 15 is 0 Å². The molecule has 0 N–H and O–H groups in total. The summed E-state index contributed by atoms with van der Waals surface area (Å²) in [6, 6.07) is 1.86. The molecule has 0 saturated carbocycles. The number of nitrogens with zero attached hydrogens (tertiary/aromatic N) is 3. The zero-order chi connectivity index (χ0) is 11.6. The fourth-order valence-corrected chi connectivity index (χ4v) is 2.94. The summed E-state index contributed by atoms with van der Waals surface area (Å²) in [6.45, 7) is 1.16. The molecule has 0 radical (unpaired) electrons. The lowest BCUT2D eigenvalue weighted by atomic mass is 9.96. The average molecular weight is 241 g/mol. The molecule has 2 heterocycles. The Kier molecular flexibility index (Phi) is 3.20. The highest BCUT2D eigenvalue weighted by Gasteiger charge is 2.27. The molecule has 0 aliphatic carbocycles. The third-order valence-electron chi connectivity index (χ3n) is 2.88. The van der Waals surface area contributed by atoms with Crippen LogP contribution in [-0.2, 0) is 10.0 Å². The molecule has 1 fully saturated rings. The van der Waals surface area contributed by atoms with Crippen LogP contribution in [0.1, 0.15) is 24.5 Å². The quantitative estimate of drug-likeness (QED) is 0.761. The van der Waals surface area contributed by atoms with Crippen LogP contribution in [0, 0.1) is 0 Å². The van der Waals surface area contributed by atoms with Crippen LogP contribution in [0.15, 0.2) is 18.6 Å². The first-order valence-electron chi connectivity index (χ1n) is 5.28. The van der Waals surface area contributed by atoms with Crippen molar-refractivity contribution in [2.24, 2.45) is 0 Å². The molecule has 0 bridgehead atoms. The van der Waals surface area contributed by atoms with Gasteiger partial charge in [-0.2, -0.15) is 0 Å². The van der Waals surface area contributed by atoms with Gasteiger partial charge in [-0.15, -0.1) is 0 Å². The Hall–Kier alpha value is -1.01. The van der Waals surface area contributed by atoms with Crippen molar-refractivity contribution in [1.82, 2.24) is 14.3 Å². The number of piperidine rings is 1. The number of hydrogen-bond acceptors (Lipinski definition) is 4. The summed E-state index contributed by atoms with van der Waals surface area (Å²) >= 11 is 0. The number of aromatic nitrogens is 2. The molecule has 1 aromatic heterocycles. The average Bonchev–Trinajstić information content (AvgIpc) is 2.29. The van der Waals surface area contributed by atoms with Gasteiger partial charge >= 0.3 is 0 Å². The zero-order valence-electron chi connectivity index (χ0n) is 9.20. The molecule has 16 heavy (non-hydrogen) atoms. The van der Waals surface area contributed by atoms with Crippen molar-refractivity contribution in [3.05, 3.63) is 24.3 Å². The lowest BCUT2D eigenvalue weighted by molar-refractivity contribution is 0.314. The van der Waals surface area contributed by atoms with Gasteiger partial charge in [0.1, 0.15) is 6.33 Å². The smallest absolute Gasteiger partial charge is 0.211 e. The van der Waals surface area contributed by atoms with Crippen molar-refractivity contribution < 1.29 is 8.42 Å². The molecule has 6 heteroatoms. The fraction of sp³-hybridized carbons (Fsp3) is 0.600. The molecule has 5 nitrogen and oxygen atoms in total. The lowest BCUT2D eigenvalue weighted by Gasteiger charge is -2.30. The molecular formula is C10H15N3O2S. The lowest BCUT2D eigenvalue weighted by Crippen LogP contribution is -2.38. The second-order valence-corrected chi connectivity index (χ2v) is 6.08. The molecule has 88 valence electrons. The summed E-state index contributed by atoms with van der Waals surface area (Å²) in [5.74, 6) is 0.200. The summed E-state index contributed by atoms with van der Waals surface area (Å²) in [5.41, 5.74) is 0.934. The first-order valence-corrected chi connectivity index (χ1v) is 7.13. The van der Waals surface area contributed by atoms with Crippen LogP contribution < -0.4 is 0 Å². The van der Waals surface area contributed by atoms with E-state index in [9.17, 15) is 8.42 Å². The third kappa shape index (κ3) is 2.56. The van der Waals surface area contributed by atoms with Crippen LogP contribution in [0.25, 0.3) is 0 Å². The Morgan fingerprint density at radius 1 is 1.50 bits per heavy atom. The maximum absolute atomic E-state index is 11.5. The van der Waals surface area contributed by atoms with E-state index in [2.05, 4.69) is 9.97 Å². The minimum absolute atomic E-state index is 0.200. The Bertz CT molecular complexity index is 446. The zero-order valence-corrected chi connectivity index (χ0v) is 10.0. The van der Waals surface area contributed by atoms with Gasteiger partial charge in [-0.1, -0.05) is 0 Å². The molecule has 1 aromatic rings. The van der Waals surface area contributed by atoms with E-state index < -0.39 is 10.0 Å². The fourth-order valence-electron chi connectivity index (χ4n) is 2.03. The summed E-state index contributed by atoms with van der Waals surface area (Å²) in [5, 5.41) is 0. The van der Waals surface area contributed by atoms with E-state index in [4.69, 9.17) is 0 Å². The highest BCUT2D eigenvalue weighted by Crippen LogP contribution is 2.26. The van der Waals surface area contributed by atoms with E-state index in [1.807, 2.05) is 6.07 Å². The highest BCUT2D eigenvalue weighted by molar-refractivity contribution is 7.88. The van der Waals surface area contributed by atoms with Gasteiger partial charge in [0.15, 0.2) is 0 Å². The predicted octanol–water partition coefficient (Wildman–Crippen LogP) is 0.616. The van der Waals surface area contributed by atoms with Crippen LogP contribution in [0.5, 0.6) is 0 Å². The van der Waals surface area contributed by atoms with Gasteiger partial charge in [-0.25, -0.2) is 22.7 Å². The van der Waals surface area contributed by atoms with Crippen molar-refractivity contribution in [3.63, 3.8) is 0 Å². The van der Waals surface area contributed by atoms with Crippen molar-refractivity contribution in [1.29, 1.82) is 0 Å². The number of rotatable bonds is 2. The van der Waals surface area contributed by atoms with Crippen molar-refractivity contribution in [2.45, 2.75) is 18.8 Å². The van der Waals surface area contributed by atoms with Gasteiger partial charge in [0.25, 0.3) is 0 Å². The molecule has 0 aromatic carbocycles. The van der Waals surface area contributed by atoms with Crippen molar-refractivity contribution in [2.75, 3.05) is 19.3 Å². The molecule has 1 atom stereocenters. The van der Waals surface area contributed by atoms with E-state index in [0.29, 0.717) is 13.1 Å². The Labute approximate surface area is 95.6 Å². The van der Waals surface area contributed by atoms with Crippen molar-refractivity contribution in [3.8, 4) is 0 Å². The van der Waals surface area contributed by atoms with Gasteiger partial charge in [0.2, 0.25) is 10.0 Å².